The maximum Gasteiger partial charge on any atom is 0.167 e. The molecular formula is C9H11NO2. The number of hydrogen-bond donors (Lipinski definition) is 0. The Morgan fingerprint density at radius 1 is 1.67 bits per heavy atom. The van der Waals surface area contributed by atoms with Crippen molar-refractivity contribution in [3.63, 3.8) is 0 Å². The lowest BCUT2D eigenvalue weighted by Crippen LogP contribution is -2.06. The van der Waals surface area contributed by atoms with Gasteiger partial charge in [0.2, 0.25) is 0 Å². The summed E-state index contributed by atoms with van der Waals surface area (Å²) >= 11 is 0. The zero-order chi connectivity index (χ0) is 8.97. The number of ketones is 1. The van der Waals surface area contributed by atoms with Crippen LogP contribution in [0.25, 0.3) is 0 Å². The van der Waals surface area contributed by atoms with Crippen molar-refractivity contribution in [2.75, 3.05) is 6.61 Å². The number of rotatable bonds is 3. The van der Waals surface area contributed by atoms with Crippen molar-refractivity contribution in [3.8, 4) is 5.75 Å². The van der Waals surface area contributed by atoms with Crippen LogP contribution < -0.4 is 4.74 Å². The first-order chi connectivity index (χ1) is 5.68. The van der Waals surface area contributed by atoms with Crippen LogP contribution in [0.5, 0.6) is 5.75 Å². The number of nitrogens with zero attached hydrogens (tertiary/aromatic N) is 1. The summed E-state index contributed by atoms with van der Waals surface area (Å²) in [6.45, 7) is 3.50. The van der Waals surface area contributed by atoms with E-state index in [4.69, 9.17) is 4.74 Å². The molecule has 0 saturated heterocycles. The lowest BCUT2D eigenvalue weighted by Gasteiger charge is -2.02. The normalized spacial score (nSPS) is 9.50. The molecule has 0 fully saturated rings. The van der Waals surface area contributed by atoms with Crippen LogP contribution in [0, 0.1) is 6.92 Å². The third-order valence-electron chi connectivity index (χ3n) is 1.31. The molecule has 0 aromatic carbocycles. The van der Waals surface area contributed by atoms with E-state index in [1.54, 1.807) is 18.3 Å². The predicted molar refractivity (Wildman–Crippen MR) is 45.2 cm³/mol. The summed E-state index contributed by atoms with van der Waals surface area (Å²) in [6, 6.07) is 3.53. The molecular weight excluding hydrogens is 154 g/mol. The average Bonchev–Trinajstić information content (AvgIpc) is 2.01. The standard InChI is InChI=1S/C9H11NO2/c1-7-5-9(3-4-10-7)12-6-8(2)11/h3-5H,6H2,1-2H3. The Labute approximate surface area is 71.4 Å². The summed E-state index contributed by atoms with van der Waals surface area (Å²) in [5, 5.41) is 0. The molecule has 1 aromatic heterocycles. The highest BCUT2D eigenvalue weighted by atomic mass is 16.5. The number of aryl methyl sites for hydroxylation is 1. The highest BCUT2D eigenvalue weighted by Gasteiger charge is 1.96. The molecule has 3 heteroatoms. The van der Waals surface area contributed by atoms with E-state index in [2.05, 4.69) is 4.98 Å². The topological polar surface area (TPSA) is 39.2 Å². The lowest BCUT2D eigenvalue weighted by atomic mass is 10.3. The highest BCUT2D eigenvalue weighted by Crippen LogP contribution is 2.09. The highest BCUT2D eigenvalue weighted by molar-refractivity contribution is 5.77. The van der Waals surface area contributed by atoms with Crippen LogP contribution in [0.15, 0.2) is 18.3 Å². The van der Waals surface area contributed by atoms with Crippen molar-refractivity contribution in [2.45, 2.75) is 13.8 Å². The number of carbonyl (C=O) groups is 1. The molecule has 3 nitrogen and oxygen atoms in total. The monoisotopic (exact) mass is 165 g/mol. The molecule has 0 amide bonds. The molecule has 12 heavy (non-hydrogen) atoms. The Bertz CT molecular complexity index is 284. The molecule has 0 aliphatic heterocycles. The first-order valence-corrected chi connectivity index (χ1v) is 3.73. The second-order valence-corrected chi connectivity index (χ2v) is 2.62. The van der Waals surface area contributed by atoms with E-state index < -0.39 is 0 Å². The minimum absolute atomic E-state index is 0.0180. The van der Waals surface area contributed by atoms with Crippen LogP contribution in [0.1, 0.15) is 12.6 Å². The molecule has 1 aromatic rings. The summed E-state index contributed by atoms with van der Waals surface area (Å²) in [5.41, 5.74) is 0.885. The largest absolute Gasteiger partial charge is 0.486 e. The summed E-state index contributed by atoms with van der Waals surface area (Å²) in [5.74, 6) is 0.710. The molecule has 0 aliphatic carbocycles. The summed E-state index contributed by atoms with van der Waals surface area (Å²) in [4.78, 5) is 14.6. The van der Waals surface area contributed by atoms with Crippen molar-refractivity contribution in [1.29, 1.82) is 0 Å². The Balaban J connectivity index is 2.57. The summed E-state index contributed by atoms with van der Waals surface area (Å²) in [6.07, 6.45) is 1.66. The average molecular weight is 165 g/mol. The van der Waals surface area contributed by atoms with E-state index in [9.17, 15) is 4.79 Å². The second kappa shape index (κ2) is 3.85. The Hall–Kier alpha value is -1.38. The van der Waals surface area contributed by atoms with Gasteiger partial charge in [-0.15, -0.1) is 0 Å². The lowest BCUT2D eigenvalue weighted by molar-refractivity contribution is -0.118. The molecule has 0 spiro atoms. The van der Waals surface area contributed by atoms with Crippen molar-refractivity contribution in [3.05, 3.63) is 24.0 Å². The Morgan fingerprint density at radius 3 is 3.00 bits per heavy atom. The Morgan fingerprint density at radius 2 is 2.42 bits per heavy atom. The molecule has 0 saturated carbocycles. The van der Waals surface area contributed by atoms with Gasteiger partial charge in [0, 0.05) is 18.0 Å². The second-order valence-electron chi connectivity index (χ2n) is 2.62. The SMILES string of the molecule is CC(=O)COc1ccnc(C)c1. The zero-order valence-corrected chi connectivity index (χ0v) is 7.20. The zero-order valence-electron chi connectivity index (χ0n) is 7.20. The van der Waals surface area contributed by atoms with Crippen molar-refractivity contribution < 1.29 is 9.53 Å². The quantitative estimate of drug-likeness (QED) is 0.678. The fourth-order valence-corrected chi connectivity index (χ4v) is 0.794. The summed E-state index contributed by atoms with van der Waals surface area (Å²) in [7, 11) is 0. The number of hydrogen-bond acceptors (Lipinski definition) is 3. The minimum Gasteiger partial charge on any atom is -0.486 e. The van der Waals surface area contributed by atoms with Gasteiger partial charge >= 0.3 is 0 Å². The van der Waals surface area contributed by atoms with E-state index in [0.29, 0.717) is 5.75 Å². The van der Waals surface area contributed by atoms with E-state index in [1.165, 1.54) is 6.92 Å². The fourth-order valence-electron chi connectivity index (χ4n) is 0.794. The van der Waals surface area contributed by atoms with Crippen molar-refractivity contribution in [2.24, 2.45) is 0 Å². The van der Waals surface area contributed by atoms with Crippen LogP contribution in [-0.2, 0) is 4.79 Å². The smallest absolute Gasteiger partial charge is 0.167 e. The van der Waals surface area contributed by atoms with Gasteiger partial charge < -0.3 is 4.74 Å². The van der Waals surface area contributed by atoms with Crippen LogP contribution in [-0.4, -0.2) is 17.4 Å². The van der Waals surface area contributed by atoms with Gasteiger partial charge in [-0.25, -0.2) is 0 Å². The number of carbonyl (C=O) groups excluding carboxylic acids is 1. The van der Waals surface area contributed by atoms with Crippen LogP contribution >= 0.6 is 0 Å². The number of aromatic nitrogens is 1. The predicted octanol–water partition coefficient (Wildman–Crippen LogP) is 1.36. The van der Waals surface area contributed by atoms with E-state index in [-0.39, 0.29) is 12.4 Å². The van der Waals surface area contributed by atoms with Gasteiger partial charge in [0.15, 0.2) is 5.78 Å². The maximum atomic E-state index is 10.6. The molecule has 0 N–H and O–H groups in total. The molecule has 0 aliphatic rings. The van der Waals surface area contributed by atoms with Gasteiger partial charge in [-0.05, 0) is 19.9 Å². The first-order valence-electron chi connectivity index (χ1n) is 3.73. The van der Waals surface area contributed by atoms with Gasteiger partial charge in [-0.2, -0.15) is 0 Å². The minimum atomic E-state index is 0.0180. The maximum absolute atomic E-state index is 10.6. The van der Waals surface area contributed by atoms with Crippen LogP contribution in [0.4, 0.5) is 0 Å². The number of Topliss-reactive ketones (excluding diaryl/α,β-unsaturated/α-hetero) is 1. The molecule has 1 heterocycles. The van der Waals surface area contributed by atoms with E-state index in [0.717, 1.165) is 5.69 Å². The molecule has 0 atom stereocenters. The molecule has 0 bridgehead atoms. The van der Waals surface area contributed by atoms with Gasteiger partial charge in [0.1, 0.15) is 12.4 Å². The summed E-state index contributed by atoms with van der Waals surface area (Å²) < 4.78 is 5.16. The van der Waals surface area contributed by atoms with Crippen LogP contribution in [0.3, 0.4) is 0 Å². The van der Waals surface area contributed by atoms with Crippen molar-refractivity contribution >= 4 is 5.78 Å². The third-order valence-corrected chi connectivity index (χ3v) is 1.31. The van der Waals surface area contributed by atoms with E-state index >= 15 is 0 Å². The number of pyridine rings is 1. The van der Waals surface area contributed by atoms with E-state index in [1.807, 2.05) is 6.92 Å². The fraction of sp³-hybridized carbons (Fsp3) is 0.333. The molecule has 0 radical (unpaired) electrons. The first kappa shape index (κ1) is 8.71. The molecule has 64 valence electrons. The molecule has 1 rings (SSSR count). The van der Waals surface area contributed by atoms with Crippen LogP contribution in [0.2, 0.25) is 0 Å². The Kier molecular flexibility index (Phi) is 2.80. The van der Waals surface area contributed by atoms with Crippen molar-refractivity contribution in [1.82, 2.24) is 4.98 Å². The van der Waals surface area contributed by atoms with Gasteiger partial charge in [-0.1, -0.05) is 0 Å². The van der Waals surface area contributed by atoms with Gasteiger partial charge in [-0.3, -0.25) is 9.78 Å². The van der Waals surface area contributed by atoms with Gasteiger partial charge in [0.25, 0.3) is 0 Å². The van der Waals surface area contributed by atoms with Gasteiger partial charge in [0.05, 0.1) is 0 Å². The third kappa shape index (κ3) is 2.70. The number of ether oxygens (including phenoxy) is 1. The molecule has 0 unspecified atom stereocenters.